The van der Waals surface area contributed by atoms with Crippen molar-refractivity contribution in [3.05, 3.63) is 59.2 Å². The summed E-state index contributed by atoms with van der Waals surface area (Å²) in [5, 5.41) is 2.74. The van der Waals surface area contributed by atoms with E-state index in [9.17, 15) is 14.4 Å². The lowest BCUT2D eigenvalue weighted by molar-refractivity contribution is -0.120. The van der Waals surface area contributed by atoms with Crippen molar-refractivity contribution >= 4 is 29.2 Å². The topological polar surface area (TPSA) is 75.7 Å². The fraction of sp³-hybridized carbons (Fsp3) is 0.286. The van der Waals surface area contributed by atoms with Gasteiger partial charge in [0.1, 0.15) is 6.54 Å². The number of rotatable bonds is 6. The molecule has 2 amide bonds. The Morgan fingerprint density at radius 2 is 1.59 bits per heavy atom. The number of nitrogens with zero attached hydrogens (tertiary/aromatic N) is 1. The fourth-order valence-corrected chi connectivity index (χ4v) is 2.74. The average molecular weight is 368 g/mol. The molecule has 0 saturated heterocycles. The number of amides is 2. The molecule has 6 nitrogen and oxygen atoms in total. The zero-order valence-corrected chi connectivity index (χ0v) is 16.0. The van der Waals surface area contributed by atoms with Crippen molar-refractivity contribution < 1.29 is 19.1 Å². The third kappa shape index (κ3) is 5.67. The van der Waals surface area contributed by atoms with E-state index in [0.29, 0.717) is 23.5 Å². The number of ether oxygens (including phenoxy) is 1. The number of carbonyl (C=O) groups is 3. The number of hydrogen-bond donors (Lipinski definition) is 1. The van der Waals surface area contributed by atoms with E-state index in [-0.39, 0.29) is 18.4 Å². The lowest BCUT2D eigenvalue weighted by Gasteiger charge is -2.21. The van der Waals surface area contributed by atoms with Gasteiger partial charge in [0.25, 0.3) is 0 Å². The summed E-state index contributed by atoms with van der Waals surface area (Å²) in [5.74, 6) is -0.950. The van der Waals surface area contributed by atoms with Crippen molar-refractivity contribution in [3.8, 4) is 0 Å². The van der Waals surface area contributed by atoms with Gasteiger partial charge >= 0.3 is 5.97 Å². The smallest absolute Gasteiger partial charge is 0.338 e. The summed E-state index contributed by atoms with van der Waals surface area (Å²) in [7, 11) is 0. The van der Waals surface area contributed by atoms with Crippen LogP contribution in [0.4, 0.5) is 11.4 Å². The molecule has 0 bridgehead atoms. The van der Waals surface area contributed by atoms with Gasteiger partial charge < -0.3 is 15.0 Å². The molecular weight excluding hydrogens is 344 g/mol. The maximum Gasteiger partial charge on any atom is 0.338 e. The third-order valence-corrected chi connectivity index (χ3v) is 3.88. The molecule has 0 atom stereocenters. The van der Waals surface area contributed by atoms with Crippen LogP contribution in [0.15, 0.2) is 42.5 Å². The molecule has 0 aliphatic rings. The molecule has 142 valence electrons. The molecule has 2 aromatic carbocycles. The largest absolute Gasteiger partial charge is 0.462 e. The lowest BCUT2D eigenvalue weighted by Crippen LogP contribution is -2.36. The van der Waals surface area contributed by atoms with Gasteiger partial charge in [-0.3, -0.25) is 9.59 Å². The van der Waals surface area contributed by atoms with Crippen molar-refractivity contribution in [2.45, 2.75) is 27.7 Å². The molecule has 0 radical (unpaired) electrons. The Morgan fingerprint density at radius 1 is 1.00 bits per heavy atom. The maximum absolute atomic E-state index is 12.4. The Labute approximate surface area is 159 Å². The van der Waals surface area contributed by atoms with Crippen LogP contribution in [0.2, 0.25) is 0 Å². The molecule has 0 saturated carbocycles. The van der Waals surface area contributed by atoms with Gasteiger partial charge in [0.15, 0.2) is 0 Å². The molecule has 0 spiro atoms. The summed E-state index contributed by atoms with van der Waals surface area (Å²) in [6.45, 7) is 7.26. The highest BCUT2D eigenvalue weighted by molar-refractivity contribution is 6.02. The van der Waals surface area contributed by atoms with E-state index < -0.39 is 5.97 Å². The Hall–Kier alpha value is -3.15. The van der Waals surface area contributed by atoms with Crippen LogP contribution < -0.4 is 10.2 Å². The van der Waals surface area contributed by atoms with E-state index in [1.54, 1.807) is 31.2 Å². The molecular formula is C21H24N2O4. The molecule has 0 heterocycles. The zero-order valence-electron chi connectivity index (χ0n) is 16.0. The van der Waals surface area contributed by atoms with Crippen LogP contribution in [0.1, 0.15) is 35.3 Å². The standard InChI is InChI=1S/C21H24N2O4/c1-5-27-21(26)17-6-8-18(9-7-17)22-20(25)13-23(16(4)24)19-11-14(2)10-15(3)12-19/h6-12H,5,13H2,1-4H3,(H,22,25). The third-order valence-electron chi connectivity index (χ3n) is 3.88. The first-order valence-electron chi connectivity index (χ1n) is 8.73. The van der Waals surface area contributed by atoms with Gasteiger partial charge in [-0.15, -0.1) is 0 Å². The van der Waals surface area contributed by atoms with Gasteiger partial charge in [0.05, 0.1) is 12.2 Å². The molecule has 27 heavy (non-hydrogen) atoms. The summed E-state index contributed by atoms with van der Waals surface area (Å²) < 4.78 is 4.93. The molecule has 6 heteroatoms. The van der Waals surface area contributed by atoms with E-state index >= 15 is 0 Å². The second-order valence-corrected chi connectivity index (χ2v) is 6.30. The van der Waals surface area contributed by atoms with Crippen molar-refractivity contribution in [3.63, 3.8) is 0 Å². The van der Waals surface area contributed by atoms with Crippen molar-refractivity contribution in [2.24, 2.45) is 0 Å². The number of benzene rings is 2. The van der Waals surface area contributed by atoms with Gasteiger partial charge in [-0.25, -0.2) is 4.79 Å². The first-order valence-corrected chi connectivity index (χ1v) is 8.73. The van der Waals surface area contributed by atoms with E-state index in [2.05, 4.69) is 5.32 Å². The quantitative estimate of drug-likeness (QED) is 0.792. The van der Waals surface area contributed by atoms with Gasteiger partial charge in [-0.05, 0) is 68.3 Å². The molecule has 0 aliphatic carbocycles. The fourth-order valence-electron chi connectivity index (χ4n) is 2.74. The van der Waals surface area contributed by atoms with Crippen LogP contribution in [0, 0.1) is 13.8 Å². The molecule has 2 aromatic rings. The first kappa shape index (κ1) is 20.2. The van der Waals surface area contributed by atoms with E-state index in [0.717, 1.165) is 11.1 Å². The second-order valence-electron chi connectivity index (χ2n) is 6.30. The second kappa shape index (κ2) is 8.98. The number of aryl methyl sites for hydroxylation is 2. The number of hydrogen-bond acceptors (Lipinski definition) is 4. The van der Waals surface area contributed by atoms with Crippen LogP contribution >= 0.6 is 0 Å². The Balaban J connectivity index is 2.08. The monoisotopic (exact) mass is 368 g/mol. The Bertz CT molecular complexity index is 824. The van der Waals surface area contributed by atoms with Crippen LogP contribution in [0.5, 0.6) is 0 Å². The molecule has 0 aliphatic heterocycles. The van der Waals surface area contributed by atoms with Crippen LogP contribution in [-0.2, 0) is 14.3 Å². The van der Waals surface area contributed by atoms with Gasteiger partial charge in [0.2, 0.25) is 11.8 Å². The normalized spacial score (nSPS) is 10.2. The summed E-state index contributed by atoms with van der Waals surface area (Å²) >= 11 is 0. The first-order chi connectivity index (χ1) is 12.8. The molecule has 1 N–H and O–H groups in total. The van der Waals surface area contributed by atoms with E-state index in [1.807, 2.05) is 32.0 Å². The number of anilines is 2. The SMILES string of the molecule is CCOC(=O)c1ccc(NC(=O)CN(C(C)=O)c2cc(C)cc(C)c2)cc1. The molecule has 0 unspecified atom stereocenters. The Kier molecular flexibility index (Phi) is 6.71. The predicted octanol–water partition coefficient (Wildman–Crippen LogP) is 3.47. The summed E-state index contributed by atoms with van der Waals surface area (Å²) in [6.07, 6.45) is 0. The van der Waals surface area contributed by atoms with Crippen molar-refractivity contribution in [1.29, 1.82) is 0 Å². The van der Waals surface area contributed by atoms with E-state index in [1.165, 1.54) is 11.8 Å². The highest BCUT2D eigenvalue weighted by Gasteiger charge is 2.17. The summed E-state index contributed by atoms with van der Waals surface area (Å²) in [4.78, 5) is 37.5. The summed E-state index contributed by atoms with van der Waals surface area (Å²) in [5.41, 5.74) is 3.68. The van der Waals surface area contributed by atoms with Gasteiger partial charge in [0, 0.05) is 18.3 Å². The van der Waals surface area contributed by atoms with Gasteiger partial charge in [-0.2, -0.15) is 0 Å². The minimum atomic E-state index is -0.409. The van der Waals surface area contributed by atoms with Crippen molar-refractivity contribution in [2.75, 3.05) is 23.4 Å². The molecule has 0 aromatic heterocycles. The molecule has 0 fully saturated rings. The van der Waals surface area contributed by atoms with Crippen LogP contribution in [0.3, 0.4) is 0 Å². The predicted molar refractivity (Wildman–Crippen MR) is 105 cm³/mol. The number of carbonyl (C=O) groups excluding carboxylic acids is 3. The van der Waals surface area contributed by atoms with E-state index in [4.69, 9.17) is 4.74 Å². The summed E-state index contributed by atoms with van der Waals surface area (Å²) in [6, 6.07) is 12.2. The van der Waals surface area contributed by atoms with Gasteiger partial charge in [-0.1, -0.05) is 6.07 Å². The van der Waals surface area contributed by atoms with Crippen LogP contribution in [0.25, 0.3) is 0 Å². The lowest BCUT2D eigenvalue weighted by atomic mass is 10.1. The average Bonchev–Trinajstić information content (AvgIpc) is 2.59. The highest BCUT2D eigenvalue weighted by Crippen LogP contribution is 2.19. The minimum absolute atomic E-state index is 0.0994. The van der Waals surface area contributed by atoms with Crippen LogP contribution in [-0.4, -0.2) is 30.9 Å². The number of nitrogens with one attached hydrogen (secondary N) is 1. The maximum atomic E-state index is 12.4. The number of esters is 1. The molecule has 2 rings (SSSR count). The Morgan fingerprint density at radius 3 is 2.11 bits per heavy atom. The highest BCUT2D eigenvalue weighted by atomic mass is 16.5. The minimum Gasteiger partial charge on any atom is -0.462 e. The zero-order chi connectivity index (χ0) is 20.0. The van der Waals surface area contributed by atoms with Crippen molar-refractivity contribution in [1.82, 2.24) is 0 Å².